The number of carbonyl (C=O) groups is 1. The average Bonchev–Trinajstić information content (AvgIpc) is 3.21. The summed E-state index contributed by atoms with van der Waals surface area (Å²) in [7, 11) is 1.29. The van der Waals surface area contributed by atoms with Crippen LogP contribution in [0.4, 0.5) is 0 Å². The number of hydrogen-bond donors (Lipinski definition) is 0. The predicted octanol–water partition coefficient (Wildman–Crippen LogP) is 2.40. The first-order valence-corrected chi connectivity index (χ1v) is 5.70. The molecule has 0 saturated heterocycles. The summed E-state index contributed by atoms with van der Waals surface area (Å²) in [6.07, 6.45) is 2.00. The van der Waals surface area contributed by atoms with Crippen molar-refractivity contribution in [2.45, 2.75) is 25.7 Å². The van der Waals surface area contributed by atoms with Crippen molar-refractivity contribution in [3.05, 3.63) is 33.9 Å². The van der Waals surface area contributed by atoms with E-state index in [0.717, 1.165) is 18.4 Å². The second-order valence-corrected chi connectivity index (χ2v) is 4.37. The average molecular weight is 240 g/mol. The highest BCUT2D eigenvalue weighted by atomic mass is 16.5. The number of ether oxygens (including phenoxy) is 1. The number of esters is 1. The second-order valence-electron chi connectivity index (χ2n) is 4.37. The molecule has 1 aromatic rings. The summed E-state index contributed by atoms with van der Waals surface area (Å²) in [5, 5.41) is 18.4. The number of hydrogen-bond acceptors (Lipinski definition) is 4. The van der Waals surface area contributed by atoms with Crippen molar-refractivity contribution in [3.8, 4) is 12.1 Å². The van der Waals surface area contributed by atoms with Crippen molar-refractivity contribution < 1.29 is 9.53 Å². The van der Waals surface area contributed by atoms with Crippen LogP contribution in [0, 0.1) is 29.6 Å². The van der Waals surface area contributed by atoms with Gasteiger partial charge in [0.15, 0.2) is 0 Å². The van der Waals surface area contributed by atoms with Gasteiger partial charge in [-0.1, -0.05) is 0 Å². The molecule has 2 rings (SSSR count). The van der Waals surface area contributed by atoms with E-state index in [4.69, 9.17) is 0 Å². The normalized spacial score (nSPS) is 13.6. The summed E-state index contributed by atoms with van der Waals surface area (Å²) >= 11 is 0. The number of nitriles is 2. The van der Waals surface area contributed by atoms with Gasteiger partial charge in [-0.2, -0.15) is 10.5 Å². The Morgan fingerprint density at radius 1 is 1.39 bits per heavy atom. The lowest BCUT2D eigenvalue weighted by Gasteiger charge is -2.12. The molecule has 1 aromatic carbocycles. The molecule has 1 aliphatic rings. The van der Waals surface area contributed by atoms with E-state index in [1.54, 1.807) is 6.92 Å². The molecule has 0 aromatic heterocycles. The van der Waals surface area contributed by atoms with Gasteiger partial charge in [0, 0.05) is 0 Å². The van der Waals surface area contributed by atoms with Gasteiger partial charge in [0.25, 0.3) is 0 Å². The molecule has 0 radical (unpaired) electrons. The Kier molecular flexibility index (Phi) is 3.04. The fraction of sp³-hybridized carbons (Fsp3) is 0.357. The van der Waals surface area contributed by atoms with Gasteiger partial charge in [0.05, 0.1) is 35.9 Å². The van der Waals surface area contributed by atoms with Gasteiger partial charge in [-0.05, 0) is 42.9 Å². The van der Waals surface area contributed by atoms with Crippen LogP contribution in [0.3, 0.4) is 0 Å². The topological polar surface area (TPSA) is 73.9 Å². The maximum atomic E-state index is 11.6. The van der Waals surface area contributed by atoms with Gasteiger partial charge in [-0.3, -0.25) is 0 Å². The zero-order valence-corrected chi connectivity index (χ0v) is 10.3. The minimum absolute atomic E-state index is 0.291. The van der Waals surface area contributed by atoms with Crippen molar-refractivity contribution in [1.29, 1.82) is 10.5 Å². The van der Waals surface area contributed by atoms with Crippen LogP contribution in [0.5, 0.6) is 0 Å². The minimum atomic E-state index is -0.511. The molecule has 0 unspecified atom stereocenters. The first kappa shape index (κ1) is 12.1. The molecule has 0 atom stereocenters. The summed E-state index contributed by atoms with van der Waals surface area (Å²) in [6, 6.07) is 5.74. The standard InChI is InChI=1S/C14H12N2O2/c1-8-11(14(17)18-2)5-10(6-15)13(9-3-4-9)12(8)7-16/h5,9H,3-4H2,1-2H3. The summed E-state index contributed by atoms with van der Waals surface area (Å²) in [5.74, 6) is -0.220. The summed E-state index contributed by atoms with van der Waals surface area (Å²) in [6.45, 7) is 1.72. The second kappa shape index (κ2) is 4.50. The van der Waals surface area contributed by atoms with E-state index in [-0.39, 0.29) is 0 Å². The molecule has 1 fully saturated rings. The summed E-state index contributed by atoms with van der Waals surface area (Å²) in [5.41, 5.74) is 2.57. The maximum absolute atomic E-state index is 11.6. The Labute approximate surface area is 105 Å². The largest absolute Gasteiger partial charge is 0.465 e. The molecule has 4 nitrogen and oxygen atoms in total. The van der Waals surface area contributed by atoms with Crippen molar-refractivity contribution >= 4 is 5.97 Å². The van der Waals surface area contributed by atoms with E-state index in [9.17, 15) is 15.3 Å². The summed E-state index contributed by atoms with van der Waals surface area (Å²) in [4.78, 5) is 11.6. The lowest BCUT2D eigenvalue weighted by atomic mass is 9.90. The molecular formula is C14H12N2O2. The first-order chi connectivity index (χ1) is 8.63. The maximum Gasteiger partial charge on any atom is 0.338 e. The van der Waals surface area contributed by atoms with Gasteiger partial charge in [0.2, 0.25) is 0 Å². The third-order valence-electron chi connectivity index (χ3n) is 3.25. The van der Waals surface area contributed by atoms with Crippen molar-refractivity contribution in [1.82, 2.24) is 0 Å². The Bertz CT molecular complexity index is 602. The smallest absolute Gasteiger partial charge is 0.338 e. The van der Waals surface area contributed by atoms with Crippen LogP contribution >= 0.6 is 0 Å². The highest BCUT2D eigenvalue weighted by Crippen LogP contribution is 2.44. The number of nitrogens with zero attached hydrogens (tertiary/aromatic N) is 2. The van der Waals surface area contributed by atoms with Gasteiger partial charge >= 0.3 is 5.97 Å². The molecule has 0 N–H and O–H groups in total. The fourth-order valence-electron chi connectivity index (χ4n) is 2.16. The van der Waals surface area contributed by atoms with Crippen LogP contribution in [0.2, 0.25) is 0 Å². The molecule has 0 heterocycles. The van der Waals surface area contributed by atoms with Crippen LogP contribution in [-0.4, -0.2) is 13.1 Å². The van der Waals surface area contributed by atoms with Gasteiger partial charge < -0.3 is 4.74 Å². The van der Waals surface area contributed by atoms with E-state index in [0.29, 0.717) is 28.2 Å². The quantitative estimate of drug-likeness (QED) is 0.744. The van der Waals surface area contributed by atoms with Crippen LogP contribution < -0.4 is 0 Å². The molecule has 4 heteroatoms. The molecule has 0 spiro atoms. The third-order valence-corrected chi connectivity index (χ3v) is 3.25. The zero-order chi connectivity index (χ0) is 13.3. The van der Waals surface area contributed by atoms with Gasteiger partial charge in [-0.15, -0.1) is 0 Å². The number of carbonyl (C=O) groups excluding carboxylic acids is 1. The van der Waals surface area contributed by atoms with E-state index in [2.05, 4.69) is 16.9 Å². The SMILES string of the molecule is COC(=O)c1cc(C#N)c(C2CC2)c(C#N)c1C. The zero-order valence-electron chi connectivity index (χ0n) is 10.3. The molecule has 0 amide bonds. The predicted molar refractivity (Wildman–Crippen MR) is 63.9 cm³/mol. The van der Waals surface area contributed by atoms with E-state index < -0.39 is 5.97 Å². The van der Waals surface area contributed by atoms with Gasteiger partial charge in [0.1, 0.15) is 0 Å². The van der Waals surface area contributed by atoms with Crippen LogP contribution in [0.15, 0.2) is 6.07 Å². The Morgan fingerprint density at radius 2 is 2.06 bits per heavy atom. The van der Waals surface area contributed by atoms with Crippen LogP contribution in [-0.2, 0) is 4.74 Å². The summed E-state index contributed by atoms with van der Waals surface area (Å²) < 4.78 is 4.67. The van der Waals surface area contributed by atoms with Crippen molar-refractivity contribution in [2.75, 3.05) is 7.11 Å². The van der Waals surface area contributed by atoms with Crippen LogP contribution in [0.25, 0.3) is 0 Å². The third kappa shape index (κ3) is 1.83. The molecule has 1 aliphatic carbocycles. The minimum Gasteiger partial charge on any atom is -0.465 e. The van der Waals surface area contributed by atoms with Crippen LogP contribution in [0.1, 0.15) is 51.4 Å². The molecule has 0 bridgehead atoms. The van der Waals surface area contributed by atoms with Crippen molar-refractivity contribution in [3.63, 3.8) is 0 Å². The number of methoxy groups -OCH3 is 1. The molecule has 18 heavy (non-hydrogen) atoms. The van der Waals surface area contributed by atoms with E-state index >= 15 is 0 Å². The molecular weight excluding hydrogens is 228 g/mol. The first-order valence-electron chi connectivity index (χ1n) is 5.70. The monoisotopic (exact) mass is 240 g/mol. The van der Waals surface area contributed by atoms with E-state index in [1.165, 1.54) is 13.2 Å². The molecule has 0 aliphatic heterocycles. The lowest BCUT2D eigenvalue weighted by Crippen LogP contribution is -2.08. The number of rotatable bonds is 2. The highest BCUT2D eigenvalue weighted by Gasteiger charge is 2.31. The number of benzene rings is 1. The fourth-order valence-corrected chi connectivity index (χ4v) is 2.16. The highest BCUT2D eigenvalue weighted by molar-refractivity contribution is 5.92. The Balaban J connectivity index is 2.72. The molecule has 90 valence electrons. The lowest BCUT2D eigenvalue weighted by molar-refractivity contribution is 0.0600. The van der Waals surface area contributed by atoms with Gasteiger partial charge in [-0.25, -0.2) is 4.79 Å². The van der Waals surface area contributed by atoms with E-state index in [1.807, 2.05) is 0 Å². The van der Waals surface area contributed by atoms with Crippen molar-refractivity contribution in [2.24, 2.45) is 0 Å². The molecule has 1 saturated carbocycles. The Morgan fingerprint density at radius 3 is 2.50 bits per heavy atom. The Hall–Kier alpha value is -2.33.